The Balaban J connectivity index is 2.51. The van der Waals surface area contributed by atoms with Crippen molar-refractivity contribution in [3.05, 3.63) is 0 Å². The van der Waals surface area contributed by atoms with Gasteiger partial charge in [0.2, 0.25) is 0 Å². The van der Waals surface area contributed by atoms with Crippen molar-refractivity contribution in [2.75, 3.05) is 0 Å². The Hall–Kier alpha value is -0.530. The summed E-state index contributed by atoms with van der Waals surface area (Å²) in [6.07, 6.45) is 4.96. The average Bonchev–Trinajstić information content (AvgIpc) is 2.03. The van der Waals surface area contributed by atoms with Crippen LogP contribution in [0.4, 0.5) is 0 Å². The molecule has 0 N–H and O–H groups in total. The average molecular weight is 184 g/mol. The van der Waals surface area contributed by atoms with Gasteiger partial charge in [-0.2, -0.15) is 0 Å². The summed E-state index contributed by atoms with van der Waals surface area (Å²) in [7, 11) is 0. The summed E-state index contributed by atoms with van der Waals surface area (Å²) in [6, 6.07) is 0. The predicted molar refractivity (Wildman–Crippen MR) is 52.4 cm³/mol. The molecular weight excluding hydrogens is 164 g/mol. The quantitative estimate of drug-likeness (QED) is 0.617. The van der Waals surface area contributed by atoms with Gasteiger partial charge in [0, 0.05) is 6.92 Å². The van der Waals surface area contributed by atoms with Crippen molar-refractivity contribution in [2.24, 2.45) is 11.8 Å². The standard InChI is InChI=1S/C11H20O2/c1-8(2)10-6-4-5-7-11(10)13-9(3)12/h8,10-11H,4-7H2,1-3H3/t10-,11+/m1/s1. The number of carbonyl (C=O) groups excluding carboxylic acids is 1. The summed E-state index contributed by atoms with van der Waals surface area (Å²) in [5, 5.41) is 0. The zero-order valence-corrected chi connectivity index (χ0v) is 8.88. The third-order valence-corrected chi connectivity index (χ3v) is 2.93. The van der Waals surface area contributed by atoms with Gasteiger partial charge in [0.05, 0.1) is 0 Å². The summed E-state index contributed by atoms with van der Waals surface area (Å²) in [5.41, 5.74) is 0. The Morgan fingerprint density at radius 1 is 1.31 bits per heavy atom. The number of rotatable bonds is 2. The molecule has 1 fully saturated rings. The minimum atomic E-state index is -0.127. The Kier molecular flexibility index (Phi) is 3.76. The van der Waals surface area contributed by atoms with E-state index < -0.39 is 0 Å². The van der Waals surface area contributed by atoms with E-state index in [0.29, 0.717) is 11.8 Å². The topological polar surface area (TPSA) is 26.3 Å². The Morgan fingerprint density at radius 2 is 1.92 bits per heavy atom. The van der Waals surface area contributed by atoms with Crippen molar-refractivity contribution in [3.8, 4) is 0 Å². The maximum Gasteiger partial charge on any atom is 0.302 e. The van der Waals surface area contributed by atoms with E-state index in [-0.39, 0.29) is 12.1 Å². The van der Waals surface area contributed by atoms with Crippen molar-refractivity contribution in [3.63, 3.8) is 0 Å². The maximum absolute atomic E-state index is 10.9. The van der Waals surface area contributed by atoms with Crippen LogP contribution in [-0.2, 0) is 9.53 Å². The second-order valence-corrected chi connectivity index (χ2v) is 4.34. The van der Waals surface area contributed by atoms with E-state index >= 15 is 0 Å². The fourth-order valence-electron chi connectivity index (χ4n) is 2.25. The van der Waals surface area contributed by atoms with Gasteiger partial charge in [-0.25, -0.2) is 0 Å². The SMILES string of the molecule is CC(=O)O[C@H]1CCCC[C@@H]1C(C)C. The zero-order valence-electron chi connectivity index (χ0n) is 8.88. The van der Waals surface area contributed by atoms with E-state index in [9.17, 15) is 4.79 Å². The molecule has 1 aliphatic rings. The molecule has 0 aromatic rings. The minimum Gasteiger partial charge on any atom is -0.462 e. The van der Waals surface area contributed by atoms with Crippen molar-refractivity contribution < 1.29 is 9.53 Å². The van der Waals surface area contributed by atoms with E-state index in [0.717, 1.165) is 6.42 Å². The van der Waals surface area contributed by atoms with Crippen LogP contribution in [0.3, 0.4) is 0 Å². The first-order valence-electron chi connectivity index (χ1n) is 5.28. The smallest absolute Gasteiger partial charge is 0.302 e. The van der Waals surface area contributed by atoms with Crippen LogP contribution >= 0.6 is 0 Å². The van der Waals surface area contributed by atoms with Crippen LogP contribution in [0.15, 0.2) is 0 Å². The molecule has 0 bridgehead atoms. The Labute approximate surface area is 80.7 Å². The van der Waals surface area contributed by atoms with Crippen LogP contribution in [0.1, 0.15) is 46.5 Å². The van der Waals surface area contributed by atoms with Gasteiger partial charge in [0.1, 0.15) is 6.10 Å². The first-order chi connectivity index (χ1) is 6.11. The summed E-state index contributed by atoms with van der Waals surface area (Å²) in [5.74, 6) is 1.08. The lowest BCUT2D eigenvalue weighted by Crippen LogP contribution is -2.32. The minimum absolute atomic E-state index is 0.127. The van der Waals surface area contributed by atoms with E-state index in [4.69, 9.17) is 4.74 Å². The second-order valence-electron chi connectivity index (χ2n) is 4.34. The molecule has 0 aromatic carbocycles. The van der Waals surface area contributed by atoms with Crippen LogP contribution in [0.25, 0.3) is 0 Å². The fraction of sp³-hybridized carbons (Fsp3) is 0.909. The fourth-order valence-corrected chi connectivity index (χ4v) is 2.25. The molecule has 0 radical (unpaired) electrons. The highest BCUT2D eigenvalue weighted by molar-refractivity contribution is 5.66. The van der Waals surface area contributed by atoms with Gasteiger partial charge in [-0.15, -0.1) is 0 Å². The molecule has 0 unspecified atom stereocenters. The number of ether oxygens (including phenoxy) is 1. The molecule has 1 aliphatic carbocycles. The zero-order chi connectivity index (χ0) is 9.84. The summed E-state index contributed by atoms with van der Waals surface area (Å²) < 4.78 is 5.33. The van der Waals surface area contributed by atoms with Gasteiger partial charge in [-0.1, -0.05) is 20.3 Å². The molecule has 2 atom stereocenters. The first kappa shape index (κ1) is 10.6. The molecular formula is C11H20O2. The largest absolute Gasteiger partial charge is 0.462 e. The molecule has 13 heavy (non-hydrogen) atoms. The van der Waals surface area contributed by atoms with Gasteiger partial charge >= 0.3 is 5.97 Å². The lowest BCUT2D eigenvalue weighted by molar-refractivity contribution is -0.151. The van der Waals surface area contributed by atoms with Crippen LogP contribution in [0.5, 0.6) is 0 Å². The third-order valence-electron chi connectivity index (χ3n) is 2.93. The highest BCUT2D eigenvalue weighted by atomic mass is 16.5. The molecule has 0 amide bonds. The molecule has 0 saturated heterocycles. The molecule has 0 aromatic heterocycles. The van der Waals surface area contributed by atoms with Crippen molar-refractivity contribution >= 4 is 5.97 Å². The summed E-state index contributed by atoms with van der Waals surface area (Å²) in [6.45, 7) is 5.94. The van der Waals surface area contributed by atoms with Crippen LogP contribution in [-0.4, -0.2) is 12.1 Å². The molecule has 2 heteroatoms. The van der Waals surface area contributed by atoms with E-state index in [1.165, 1.54) is 26.2 Å². The van der Waals surface area contributed by atoms with Gasteiger partial charge in [0.15, 0.2) is 0 Å². The first-order valence-corrected chi connectivity index (χ1v) is 5.28. The number of hydrogen-bond acceptors (Lipinski definition) is 2. The van der Waals surface area contributed by atoms with Crippen molar-refractivity contribution in [2.45, 2.75) is 52.6 Å². The number of esters is 1. The van der Waals surface area contributed by atoms with E-state index in [2.05, 4.69) is 13.8 Å². The van der Waals surface area contributed by atoms with Crippen LogP contribution in [0.2, 0.25) is 0 Å². The van der Waals surface area contributed by atoms with Crippen LogP contribution in [0, 0.1) is 11.8 Å². The third kappa shape index (κ3) is 3.02. The lowest BCUT2D eigenvalue weighted by atomic mass is 9.79. The molecule has 1 rings (SSSR count). The van der Waals surface area contributed by atoms with Crippen LogP contribution < -0.4 is 0 Å². The van der Waals surface area contributed by atoms with Crippen molar-refractivity contribution in [1.82, 2.24) is 0 Å². The number of hydrogen-bond donors (Lipinski definition) is 0. The molecule has 2 nitrogen and oxygen atoms in total. The summed E-state index contributed by atoms with van der Waals surface area (Å²) >= 11 is 0. The molecule has 0 aliphatic heterocycles. The highest BCUT2D eigenvalue weighted by Gasteiger charge is 2.29. The van der Waals surface area contributed by atoms with E-state index in [1.807, 2.05) is 0 Å². The molecule has 1 saturated carbocycles. The van der Waals surface area contributed by atoms with Gasteiger partial charge in [-0.05, 0) is 31.1 Å². The molecule has 0 heterocycles. The highest BCUT2D eigenvalue weighted by Crippen LogP contribution is 2.32. The number of carbonyl (C=O) groups is 1. The Bertz CT molecular complexity index is 175. The van der Waals surface area contributed by atoms with Crippen molar-refractivity contribution in [1.29, 1.82) is 0 Å². The maximum atomic E-state index is 10.9. The summed E-state index contributed by atoms with van der Waals surface area (Å²) in [4.78, 5) is 10.9. The lowest BCUT2D eigenvalue weighted by Gasteiger charge is -2.33. The monoisotopic (exact) mass is 184 g/mol. The van der Waals surface area contributed by atoms with Gasteiger partial charge < -0.3 is 4.74 Å². The normalized spacial score (nSPS) is 28.9. The van der Waals surface area contributed by atoms with E-state index in [1.54, 1.807) is 0 Å². The molecule has 0 spiro atoms. The Morgan fingerprint density at radius 3 is 2.46 bits per heavy atom. The second kappa shape index (κ2) is 4.64. The molecule has 76 valence electrons. The van der Waals surface area contributed by atoms with Gasteiger partial charge in [0.25, 0.3) is 0 Å². The van der Waals surface area contributed by atoms with Gasteiger partial charge in [-0.3, -0.25) is 4.79 Å². The predicted octanol–water partition coefficient (Wildman–Crippen LogP) is 2.76.